The van der Waals surface area contributed by atoms with Gasteiger partial charge in [0.15, 0.2) is 0 Å². The van der Waals surface area contributed by atoms with Crippen molar-refractivity contribution in [1.29, 1.82) is 0 Å². The summed E-state index contributed by atoms with van der Waals surface area (Å²) < 4.78 is 1.60. The van der Waals surface area contributed by atoms with Crippen LogP contribution in [0.2, 0.25) is 0 Å². The normalized spacial score (nSPS) is 11.6. The zero-order valence-corrected chi connectivity index (χ0v) is 8.95. The van der Waals surface area contributed by atoms with Gasteiger partial charge in [-0.2, -0.15) is 0 Å². The highest BCUT2D eigenvalue weighted by Gasteiger charge is 2.07. The molecule has 1 rings (SSSR count). The van der Waals surface area contributed by atoms with Crippen LogP contribution in [0.15, 0.2) is 23.3 Å². The molecular formula is C10H17N3O. The van der Waals surface area contributed by atoms with Crippen molar-refractivity contribution in [3.05, 3.63) is 28.9 Å². The van der Waals surface area contributed by atoms with E-state index >= 15 is 0 Å². The minimum Gasteiger partial charge on any atom is -0.310 e. The lowest BCUT2D eigenvalue weighted by atomic mass is 10.1. The van der Waals surface area contributed by atoms with Crippen molar-refractivity contribution in [2.75, 3.05) is 6.54 Å². The Balaban J connectivity index is 2.47. The summed E-state index contributed by atoms with van der Waals surface area (Å²) in [6.07, 6.45) is 3.26. The van der Waals surface area contributed by atoms with Crippen molar-refractivity contribution >= 4 is 0 Å². The van der Waals surface area contributed by atoms with Gasteiger partial charge in [-0.1, -0.05) is 0 Å². The van der Waals surface area contributed by atoms with E-state index < -0.39 is 0 Å². The van der Waals surface area contributed by atoms with Crippen LogP contribution in [0.25, 0.3) is 0 Å². The van der Waals surface area contributed by atoms with Gasteiger partial charge in [0, 0.05) is 31.0 Å². The number of nitrogens with one attached hydrogen (secondary N) is 1. The third kappa shape index (κ3) is 3.70. The van der Waals surface area contributed by atoms with Crippen molar-refractivity contribution in [1.82, 2.24) is 14.9 Å². The molecule has 14 heavy (non-hydrogen) atoms. The number of rotatable bonds is 3. The topological polar surface area (TPSA) is 46.9 Å². The molecule has 0 spiro atoms. The highest BCUT2D eigenvalue weighted by atomic mass is 16.1. The van der Waals surface area contributed by atoms with Crippen LogP contribution in [0.3, 0.4) is 0 Å². The lowest BCUT2D eigenvalue weighted by Gasteiger charge is -2.20. The average molecular weight is 195 g/mol. The standard InChI is InChI=1S/C10H17N3O/c1-10(2,3)12-6-8-13-7-4-5-11-9(13)14/h4-5,7,12H,6,8H2,1-3H3. The quantitative estimate of drug-likeness (QED) is 0.769. The number of hydrogen-bond acceptors (Lipinski definition) is 3. The van der Waals surface area contributed by atoms with Crippen LogP contribution < -0.4 is 11.0 Å². The van der Waals surface area contributed by atoms with Gasteiger partial charge in [0.25, 0.3) is 0 Å². The smallest absolute Gasteiger partial charge is 0.310 e. The van der Waals surface area contributed by atoms with Crippen molar-refractivity contribution in [2.24, 2.45) is 0 Å². The molecule has 78 valence electrons. The zero-order chi connectivity index (χ0) is 10.6. The van der Waals surface area contributed by atoms with E-state index in [0.29, 0.717) is 6.54 Å². The van der Waals surface area contributed by atoms with Crippen molar-refractivity contribution < 1.29 is 0 Å². The van der Waals surface area contributed by atoms with E-state index in [0.717, 1.165) is 6.54 Å². The molecule has 0 saturated carbocycles. The van der Waals surface area contributed by atoms with Crippen molar-refractivity contribution in [3.63, 3.8) is 0 Å². The Labute approximate surface area is 84.0 Å². The Kier molecular flexibility index (Phi) is 3.41. The van der Waals surface area contributed by atoms with Gasteiger partial charge in [0.2, 0.25) is 0 Å². The number of aromatic nitrogens is 2. The summed E-state index contributed by atoms with van der Waals surface area (Å²) in [7, 11) is 0. The maximum absolute atomic E-state index is 11.2. The molecule has 1 aromatic rings. The summed E-state index contributed by atoms with van der Waals surface area (Å²) in [5, 5.41) is 3.31. The van der Waals surface area contributed by atoms with E-state index in [2.05, 4.69) is 31.1 Å². The van der Waals surface area contributed by atoms with Gasteiger partial charge in [0.05, 0.1) is 0 Å². The molecule has 1 heterocycles. The van der Waals surface area contributed by atoms with E-state index in [1.165, 1.54) is 6.20 Å². The molecule has 1 N–H and O–H groups in total. The molecule has 0 unspecified atom stereocenters. The molecule has 0 amide bonds. The predicted octanol–water partition coefficient (Wildman–Crippen LogP) is 0.631. The summed E-state index contributed by atoms with van der Waals surface area (Å²) in [5.74, 6) is 0. The van der Waals surface area contributed by atoms with Crippen molar-refractivity contribution in [2.45, 2.75) is 32.9 Å². The molecule has 0 aliphatic heterocycles. The molecular weight excluding hydrogens is 178 g/mol. The summed E-state index contributed by atoms with van der Waals surface area (Å²) in [6, 6.07) is 1.76. The predicted molar refractivity (Wildman–Crippen MR) is 56.3 cm³/mol. The zero-order valence-electron chi connectivity index (χ0n) is 8.95. The largest absolute Gasteiger partial charge is 0.347 e. The van der Waals surface area contributed by atoms with Crippen molar-refractivity contribution in [3.8, 4) is 0 Å². The Morgan fingerprint density at radius 1 is 1.50 bits per heavy atom. The van der Waals surface area contributed by atoms with Gasteiger partial charge in [-0.3, -0.25) is 4.57 Å². The third-order valence-corrected chi connectivity index (χ3v) is 1.79. The van der Waals surface area contributed by atoms with Crippen LogP contribution in [0.5, 0.6) is 0 Å². The third-order valence-electron chi connectivity index (χ3n) is 1.79. The summed E-state index contributed by atoms with van der Waals surface area (Å²) in [6.45, 7) is 7.72. The van der Waals surface area contributed by atoms with Crippen LogP contribution in [0, 0.1) is 0 Å². The molecule has 0 aromatic carbocycles. The van der Waals surface area contributed by atoms with Gasteiger partial charge in [-0.05, 0) is 26.8 Å². The Morgan fingerprint density at radius 2 is 2.21 bits per heavy atom. The highest BCUT2D eigenvalue weighted by molar-refractivity contribution is 4.81. The fraction of sp³-hybridized carbons (Fsp3) is 0.600. The Hall–Kier alpha value is -1.16. The highest BCUT2D eigenvalue weighted by Crippen LogP contribution is 1.96. The van der Waals surface area contributed by atoms with Crippen LogP contribution in [0.4, 0.5) is 0 Å². The van der Waals surface area contributed by atoms with E-state index in [1.807, 2.05) is 0 Å². The first kappa shape index (κ1) is 10.9. The summed E-state index contributed by atoms with van der Waals surface area (Å²) in [4.78, 5) is 14.9. The first-order chi connectivity index (χ1) is 6.49. The summed E-state index contributed by atoms with van der Waals surface area (Å²) >= 11 is 0. The number of nitrogens with zero attached hydrogens (tertiary/aromatic N) is 2. The maximum Gasteiger partial charge on any atom is 0.347 e. The number of hydrogen-bond donors (Lipinski definition) is 1. The molecule has 0 bridgehead atoms. The SMILES string of the molecule is CC(C)(C)NCCn1cccnc1=O. The van der Waals surface area contributed by atoms with Gasteiger partial charge in [0.1, 0.15) is 0 Å². The van der Waals surface area contributed by atoms with Gasteiger partial charge in [-0.15, -0.1) is 0 Å². The van der Waals surface area contributed by atoms with Crippen LogP contribution in [-0.2, 0) is 6.54 Å². The van der Waals surface area contributed by atoms with Crippen LogP contribution >= 0.6 is 0 Å². The second kappa shape index (κ2) is 4.37. The minimum atomic E-state index is -0.191. The van der Waals surface area contributed by atoms with E-state index in [-0.39, 0.29) is 11.2 Å². The maximum atomic E-state index is 11.2. The molecule has 1 aromatic heterocycles. The molecule has 0 aliphatic rings. The summed E-state index contributed by atoms with van der Waals surface area (Å²) in [5.41, 5.74) is -0.102. The molecule has 0 radical (unpaired) electrons. The van der Waals surface area contributed by atoms with E-state index in [1.54, 1.807) is 16.8 Å². The first-order valence-electron chi connectivity index (χ1n) is 4.75. The minimum absolute atomic E-state index is 0.0891. The van der Waals surface area contributed by atoms with Gasteiger partial charge >= 0.3 is 5.69 Å². The first-order valence-corrected chi connectivity index (χ1v) is 4.75. The van der Waals surface area contributed by atoms with Crippen LogP contribution in [-0.4, -0.2) is 21.6 Å². The molecule has 4 heteroatoms. The second-order valence-corrected chi connectivity index (χ2v) is 4.27. The molecule has 0 saturated heterocycles. The fourth-order valence-corrected chi connectivity index (χ4v) is 1.11. The fourth-order valence-electron chi connectivity index (χ4n) is 1.11. The molecule has 4 nitrogen and oxygen atoms in total. The van der Waals surface area contributed by atoms with E-state index in [9.17, 15) is 4.79 Å². The van der Waals surface area contributed by atoms with E-state index in [4.69, 9.17) is 0 Å². The second-order valence-electron chi connectivity index (χ2n) is 4.27. The molecule has 0 fully saturated rings. The van der Waals surface area contributed by atoms with Gasteiger partial charge < -0.3 is 5.32 Å². The average Bonchev–Trinajstić information content (AvgIpc) is 2.06. The Bertz CT molecular complexity index is 338. The van der Waals surface area contributed by atoms with Gasteiger partial charge in [-0.25, -0.2) is 9.78 Å². The lowest BCUT2D eigenvalue weighted by molar-refractivity contribution is 0.409. The monoisotopic (exact) mass is 195 g/mol. The lowest BCUT2D eigenvalue weighted by Crippen LogP contribution is -2.39. The van der Waals surface area contributed by atoms with Crippen LogP contribution in [0.1, 0.15) is 20.8 Å². The molecule has 0 atom stereocenters. The molecule has 0 aliphatic carbocycles. The Morgan fingerprint density at radius 3 is 2.79 bits per heavy atom.